The Labute approximate surface area is 152 Å². The Hall–Kier alpha value is -3.07. The van der Waals surface area contributed by atoms with Crippen LogP contribution in [-0.2, 0) is 16.1 Å². The van der Waals surface area contributed by atoms with E-state index >= 15 is 0 Å². The van der Waals surface area contributed by atoms with Crippen molar-refractivity contribution in [3.8, 4) is 11.5 Å². The van der Waals surface area contributed by atoms with Gasteiger partial charge >= 0.3 is 5.97 Å². The van der Waals surface area contributed by atoms with Crippen LogP contribution in [0.15, 0.2) is 29.6 Å². The van der Waals surface area contributed by atoms with E-state index in [2.05, 4.69) is 10.6 Å². The Balaban J connectivity index is 1.57. The molecule has 26 heavy (non-hydrogen) atoms. The van der Waals surface area contributed by atoms with E-state index in [1.54, 1.807) is 23.6 Å². The van der Waals surface area contributed by atoms with Crippen LogP contribution in [0.3, 0.4) is 0 Å². The van der Waals surface area contributed by atoms with Crippen molar-refractivity contribution in [1.82, 2.24) is 5.32 Å². The van der Waals surface area contributed by atoms with Crippen LogP contribution in [0, 0.1) is 0 Å². The molecule has 1 aliphatic rings. The lowest BCUT2D eigenvalue weighted by atomic mass is 10.2. The summed E-state index contributed by atoms with van der Waals surface area (Å²) in [5.41, 5.74) is 1.18. The standard InChI is InChI=1S/C17H16N2O6S/c20-14(3-4-15(21)22)19-17-11(5-6-26-17)16(23)18-8-10-1-2-12-13(7-10)25-9-24-12/h1-2,5-7H,3-4,8-9H2,(H,18,23)(H,19,20)(H,21,22). The molecule has 0 fully saturated rings. The first-order valence-corrected chi connectivity index (χ1v) is 8.67. The average molecular weight is 376 g/mol. The minimum absolute atomic E-state index is 0.147. The molecule has 0 atom stereocenters. The Morgan fingerprint density at radius 2 is 1.92 bits per heavy atom. The van der Waals surface area contributed by atoms with Gasteiger partial charge in [-0.15, -0.1) is 11.3 Å². The van der Waals surface area contributed by atoms with Gasteiger partial charge in [0.05, 0.1) is 12.0 Å². The molecule has 9 heteroatoms. The number of aliphatic carboxylic acids is 1. The lowest BCUT2D eigenvalue weighted by molar-refractivity contribution is -0.138. The number of carboxylic acids is 1. The number of amides is 2. The van der Waals surface area contributed by atoms with Crippen molar-refractivity contribution in [2.45, 2.75) is 19.4 Å². The second-order valence-electron chi connectivity index (χ2n) is 5.48. The number of hydrogen-bond acceptors (Lipinski definition) is 6. The summed E-state index contributed by atoms with van der Waals surface area (Å²) in [6.07, 6.45) is -0.408. The summed E-state index contributed by atoms with van der Waals surface area (Å²) in [6, 6.07) is 7.01. The van der Waals surface area contributed by atoms with Crippen molar-refractivity contribution in [2.24, 2.45) is 0 Å². The number of rotatable bonds is 7. The minimum atomic E-state index is -1.05. The quantitative estimate of drug-likeness (QED) is 0.683. The van der Waals surface area contributed by atoms with Gasteiger partial charge in [0.25, 0.3) is 5.91 Å². The maximum atomic E-state index is 12.4. The monoisotopic (exact) mass is 376 g/mol. The van der Waals surface area contributed by atoms with Crippen molar-refractivity contribution in [3.63, 3.8) is 0 Å². The third kappa shape index (κ3) is 4.31. The van der Waals surface area contributed by atoms with Gasteiger partial charge < -0.3 is 25.2 Å². The van der Waals surface area contributed by atoms with Crippen LogP contribution in [0.4, 0.5) is 5.00 Å². The van der Waals surface area contributed by atoms with Crippen molar-refractivity contribution >= 4 is 34.1 Å². The number of hydrogen-bond donors (Lipinski definition) is 3. The van der Waals surface area contributed by atoms with Gasteiger partial charge in [-0.1, -0.05) is 6.07 Å². The van der Waals surface area contributed by atoms with Gasteiger partial charge in [-0.2, -0.15) is 0 Å². The smallest absolute Gasteiger partial charge is 0.303 e. The number of anilines is 1. The molecule has 2 heterocycles. The maximum absolute atomic E-state index is 12.4. The normalized spacial score (nSPS) is 11.8. The molecule has 1 aliphatic heterocycles. The molecule has 8 nitrogen and oxygen atoms in total. The molecule has 1 aromatic heterocycles. The van der Waals surface area contributed by atoms with E-state index in [0.29, 0.717) is 22.1 Å². The number of ether oxygens (including phenoxy) is 2. The third-order valence-corrected chi connectivity index (χ3v) is 4.45. The van der Waals surface area contributed by atoms with Gasteiger partial charge in [-0.05, 0) is 29.1 Å². The topological polar surface area (TPSA) is 114 Å². The third-order valence-electron chi connectivity index (χ3n) is 3.62. The first kappa shape index (κ1) is 17.7. The molecule has 0 radical (unpaired) electrons. The highest BCUT2D eigenvalue weighted by molar-refractivity contribution is 7.14. The fraction of sp³-hybridized carbons (Fsp3) is 0.235. The summed E-state index contributed by atoms with van der Waals surface area (Å²) in [7, 11) is 0. The molecular weight excluding hydrogens is 360 g/mol. The van der Waals surface area contributed by atoms with E-state index in [1.807, 2.05) is 6.07 Å². The van der Waals surface area contributed by atoms with E-state index in [4.69, 9.17) is 14.6 Å². The molecule has 0 bridgehead atoms. The summed E-state index contributed by atoms with van der Waals surface area (Å²) >= 11 is 1.20. The SMILES string of the molecule is O=C(O)CCC(=O)Nc1sccc1C(=O)NCc1ccc2c(c1)OCO2. The predicted octanol–water partition coefficient (Wildman–Crippen LogP) is 2.21. The van der Waals surface area contributed by atoms with Crippen LogP contribution in [0.25, 0.3) is 0 Å². The van der Waals surface area contributed by atoms with Gasteiger partial charge in [0.15, 0.2) is 11.5 Å². The number of benzene rings is 1. The molecule has 3 rings (SSSR count). The van der Waals surface area contributed by atoms with Gasteiger partial charge in [0.2, 0.25) is 12.7 Å². The molecule has 136 valence electrons. The van der Waals surface area contributed by atoms with E-state index in [9.17, 15) is 14.4 Å². The van der Waals surface area contributed by atoms with Crippen molar-refractivity contribution < 1.29 is 29.0 Å². The lowest BCUT2D eigenvalue weighted by Crippen LogP contribution is -2.24. The number of nitrogens with one attached hydrogen (secondary N) is 2. The lowest BCUT2D eigenvalue weighted by Gasteiger charge is -2.08. The Morgan fingerprint density at radius 1 is 1.12 bits per heavy atom. The van der Waals surface area contributed by atoms with E-state index in [1.165, 1.54) is 11.3 Å². The van der Waals surface area contributed by atoms with Crippen molar-refractivity contribution in [1.29, 1.82) is 0 Å². The van der Waals surface area contributed by atoms with Gasteiger partial charge in [-0.3, -0.25) is 14.4 Å². The Morgan fingerprint density at radius 3 is 2.73 bits per heavy atom. The molecule has 2 amide bonds. The molecule has 2 aromatic rings. The zero-order chi connectivity index (χ0) is 18.5. The highest BCUT2D eigenvalue weighted by Crippen LogP contribution is 2.32. The molecular formula is C17H16N2O6S. The molecule has 0 unspecified atom stereocenters. The Kier molecular flexibility index (Phi) is 5.37. The molecule has 0 saturated heterocycles. The summed E-state index contributed by atoms with van der Waals surface area (Å²) in [4.78, 5) is 34.6. The fourth-order valence-corrected chi connectivity index (χ4v) is 3.12. The number of carbonyl (C=O) groups is 3. The largest absolute Gasteiger partial charge is 0.481 e. The van der Waals surface area contributed by atoms with Crippen LogP contribution < -0.4 is 20.1 Å². The highest BCUT2D eigenvalue weighted by atomic mass is 32.1. The number of carboxylic acid groups (broad SMARTS) is 1. The maximum Gasteiger partial charge on any atom is 0.303 e. The summed E-state index contributed by atoms with van der Waals surface area (Å²) in [5.74, 6) is -0.520. The van der Waals surface area contributed by atoms with Crippen LogP contribution >= 0.6 is 11.3 Å². The zero-order valence-electron chi connectivity index (χ0n) is 13.6. The molecule has 0 saturated carbocycles. The molecule has 1 aromatic carbocycles. The number of fused-ring (bicyclic) bond motifs is 1. The Bertz CT molecular complexity index is 848. The van der Waals surface area contributed by atoms with Crippen LogP contribution in [0.1, 0.15) is 28.8 Å². The van der Waals surface area contributed by atoms with Crippen molar-refractivity contribution in [3.05, 3.63) is 40.8 Å². The average Bonchev–Trinajstić information content (AvgIpc) is 3.26. The second-order valence-corrected chi connectivity index (χ2v) is 6.39. The summed E-state index contributed by atoms with van der Waals surface area (Å²) < 4.78 is 10.5. The molecule has 3 N–H and O–H groups in total. The zero-order valence-corrected chi connectivity index (χ0v) is 14.4. The van der Waals surface area contributed by atoms with E-state index in [0.717, 1.165) is 5.56 Å². The fourth-order valence-electron chi connectivity index (χ4n) is 2.32. The van der Waals surface area contributed by atoms with Gasteiger partial charge in [0, 0.05) is 13.0 Å². The van der Waals surface area contributed by atoms with Gasteiger partial charge in [-0.25, -0.2) is 0 Å². The highest BCUT2D eigenvalue weighted by Gasteiger charge is 2.17. The first-order valence-electron chi connectivity index (χ1n) is 7.79. The first-order chi connectivity index (χ1) is 12.5. The van der Waals surface area contributed by atoms with Crippen LogP contribution in [-0.4, -0.2) is 29.7 Å². The second kappa shape index (κ2) is 7.87. The summed E-state index contributed by atoms with van der Waals surface area (Å²) in [5, 5.41) is 16.0. The number of thiophene rings is 1. The van der Waals surface area contributed by atoms with Crippen LogP contribution in [0.5, 0.6) is 11.5 Å². The van der Waals surface area contributed by atoms with Crippen molar-refractivity contribution in [2.75, 3.05) is 12.1 Å². The van der Waals surface area contributed by atoms with Crippen LogP contribution in [0.2, 0.25) is 0 Å². The molecule has 0 spiro atoms. The van der Waals surface area contributed by atoms with E-state index < -0.39 is 11.9 Å². The predicted molar refractivity (Wildman–Crippen MR) is 93.6 cm³/mol. The minimum Gasteiger partial charge on any atom is -0.481 e. The molecule has 0 aliphatic carbocycles. The van der Waals surface area contributed by atoms with Gasteiger partial charge in [0.1, 0.15) is 5.00 Å². The summed E-state index contributed by atoms with van der Waals surface area (Å²) in [6.45, 7) is 0.475. The van der Waals surface area contributed by atoms with E-state index in [-0.39, 0.29) is 32.1 Å². The number of carbonyl (C=O) groups excluding carboxylic acids is 2.